The number of hydrogen-bond acceptors (Lipinski definition) is 6. The number of rotatable bonds is 6. The summed E-state index contributed by atoms with van der Waals surface area (Å²) in [7, 11) is 3.05. The molecule has 184 valence electrons. The molecule has 1 atom stereocenters. The summed E-state index contributed by atoms with van der Waals surface area (Å²) in [4.78, 5) is 15.4. The number of nitrogens with zero attached hydrogens (tertiary/aromatic N) is 2. The van der Waals surface area contributed by atoms with Gasteiger partial charge in [0.25, 0.3) is 5.91 Å². The number of aromatic amines is 1. The first kappa shape index (κ1) is 24.0. The Morgan fingerprint density at radius 3 is 2.53 bits per heavy atom. The van der Waals surface area contributed by atoms with Crippen LogP contribution in [-0.4, -0.2) is 45.4 Å². The van der Waals surface area contributed by atoms with E-state index in [1.54, 1.807) is 36.3 Å². The molecule has 4 aromatic rings. The quantitative estimate of drug-likeness (QED) is 0.276. The van der Waals surface area contributed by atoms with Crippen molar-refractivity contribution in [2.24, 2.45) is 0 Å². The van der Waals surface area contributed by atoms with Gasteiger partial charge in [0.1, 0.15) is 22.9 Å². The molecule has 3 aromatic carbocycles. The fourth-order valence-electron chi connectivity index (χ4n) is 4.44. The molecular formula is C26H21BrClN3O5. The summed E-state index contributed by atoms with van der Waals surface area (Å²) in [6.07, 6.45) is 0. The molecule has 0 bridgehead atoms. The van der Waals surface area contributed by atoms with E-state index in [2.05, 4.69) is 26.1 Å². The number of nitrogens with one attached hydrogen (secondary N) is 1. The molecule has 1 unspecified atom stereocenters. The number of phenolic OH excluding ortho intramolecular Hbond substituents is 2. The molecule has 8 nitrogen and oxygen atoms in total. The van der Waals surface area contributed by atoms with Crippen molar-refractivity contribution in [3.05, 3.63) is 86.5 Å². The van der Waals surface area contributed by atoms with Gasteiger partial charge in [0, 0.05) is 22.7 Å². The van der Waals surface area contributed by atoms with Crippen LogP contribution in [-0.2, 0) is 6.54 Å². The van der Waals surface area contributed by atoms with Crippen LogP contribution in [0.4, 0.5) is 0 Å². The lowest BCUT2D eigenvalue weighted by atomic mass is 9.95. The van der Waals surface area contributed by atoms with Gasteiger partial charge in [0.2, 0.25) is 0 Å². The molecule has 0 saturated heterocycles. The average Bonchev–Trinajstić information content (AvgIpc) is 3.42. The highest BCUT2D eigenvalue weighted by Gasteiger charge is 2.43. The van der Waals surface area contributed by atoms with E-state index in [0.717, 1.165) is 5.56 Å². The smallest absolute Gasteiger partial charge is 0.273 e. The summed E-state index contributed by atoms with van der Waals surface area (Å²) in [5.74, 6) is 0.642. The number of H-pyrrole nitrogens is 1. The number of hydrogen-bond donors (Lipinski definition) is 3. The highest BCUT2D eigenvalue weighted by atomic mass is 79.9. The fourth-order valence-corrected chi connectivity index (χ4v) is 5.08. The zero-order chi connectivity index (χ0) is 25.6. The second kappa shape index (κ2) is 9.40. The number of phenols is 2. The Hall–Kier alpha value is -3.69. The first-order chi connectivity index (χ1) is 17.3. The molecule has 36 heavy (non-hydrogen) atoms. The Bertz CT molecular complexity index is 1470. The van der Waals surface area contributed by atoms with Crippen molar-refractivity contribution in [3.63, 3.8) is 0 Å². The third-order valence-corrected chi connectivity index (χ3v) is 7.02. The van der Waals surface area contributed by atoms with Crippen LogP contribution in [0, 0.1) is 0 Å². The molecule has 0 spiro atoms. The van der Waals surface area contributed by atoms with Crippen LogP contribution in [0.3, 0.4) is 0 Å². The maximum absolute atomic E-state index is 13.7. The summed E-state index contributed by atoms with van der Waals surface area (Å²) in [5.41, 5.74) is 3.28. The number of carbonyl (C=O) groups is 1. The minimum atomic E-state index is -0.604. The summed E-state index contributed by atoms with van der Waals surface area (Å²) < 4.78 is 11.0. The highest BCUT2D eigenvalue weighted by Crippen LogP contribution is 2.48. The number of carbonyl (C=O) groups excluding carboxylic acids is 1. The van der Waals surface area contributed by atoms with E-state index in [9.17, 15) is 15.0 Å². The Morgan fingerprint density at radius 2 is 1.83 bits per heavy atom. The predicted octanol–water partition coefficient (Wildman–Crippen LogP) is 5.67. The Balaban J connectivity index is 1.69. The molecule has 5 rings (SSSR count). The van der Waals surface area contributed by atoms with E-state index in [1.807, 2.05) is 24.3 Å². The van der Waals surface area contributed by atoms with E-state index in [4.69, 9.17) is 21.1 Å². The minimum absolute atomic E-state index is 0.0158. The summed E-state index contributed by atoms with van der Waals surface area (Å²) >= 11 is 9.61. The lowest BCUT2D eigenvalue weighted by Gasteiger charge is -2.27. The van der Waals surface area contributed by atoms with Crippen LogP contribution >= 0.6 is 27.5 Å². The fraction of sp³-hybridized carbons (Fsp3) is 0.154. The molecule has 2 heterocycles. The van der Waals surface area contributed by atoms with Crippen LogP contribution in [0.25, 0.3) is 11.3 Å². The summed E-state index contributed by atoms with van der Waals surface area (Å²) in [6, 6.07) is 14.9. The van der Waals surface area contributed by atoms with Gasteiger partial charge in [-0.1, -0.05) is 23.7 Å². The van der Waals surface area contributed by atoms with Crippen molar-refractivity contribution < 1.29 is 24.5 Å². The molecule has 0 saturated carbocycles. The zero-order valence-electron chi connectivity index (χ0n) is 19.3. The van der Waals surface area contributed by atoms with Crippen molar-refractivity contribution in [1.29, 1.82) is 0 Å². The van der Waals surface area contributed by atoms with Gasteiger partial charge in [0.05, 0.1) is 24.7 Å². The van der Waals surface area contributed by atoms with Gasteiger partial charge in [-0.05, 0) is 69.5 Å². The van der Waals surface area contributed by atoms with Crippen LogP contribution < -0.4 is 9.47 Å². The van der Waals surface area contributed by atoms with Gasteiger partial charge in [-0.2, -0.15) is 5.10 Å². The maximum atomic E-state index is 13.7. The van der Waals surface area contributed by atoms with Gasteiger partial charge in [0.15, 0.2) is 11.5 Å². The zero-order valence-corrected chi connectivity index (χ0v) is 21.6. The second-order valence-corrected chi connectivity index (χ2v) is 9.55. The monoisotopic (exact) mass is 569 g/mol. The Kier molecular flexibility index (Phi) is 6.27. The average molecular weight is 571 g/mol. The third-order valence-electron chi connectivity index (χ3n) is 6.18. The first-order valence-corrected chi connectivity index (χ1v) is 12.1. The normalized spacial score (nSPS) is 14.7. The molecule has 1 aliphatic heterocycles. The van der Waals surface area contributed by atoms with Gasteiger partial charge in [-0.3, -0.25) is 9.89 Å². The molecule has 1 amide bonds. The number of halogens is 2. The van der Waals surface area contributed by atoms with Crippen LogP contribution in [0.2, 0.25) is 5.02 Å². The molecule has 10 heteroatoms. The number of methoxy groups -OCH3 is 2. The minimum Gasteiger partial charge on any atom is -0.507 e. The van der Waals surface area contributed by atoms with Gasteiger partial charge in [-0.25, -0.2) is 0 Å². The molecule has 0 fully saturated rings. The number of aromatic hydroxyl groups is 2. The molecule has 0 radical (unpaired) electrons. The lowest BCUT2D eigenvalue weighted by Crippen LogP contribution is -2.29. The largest absolute Gasteiger partial charge is 0.507 e. The van der Waals surface area contributed by atoms with Crippen LogP contribution in [0.5, 0.6) is 23.0 Å². The van der Waals surface area contributed by atoms with Gasteiger partial charge >= 0.3 is 0 Å². The summed E-state index contributed by atoms with van der Waals surface area (Å²) in [6.45, 7) is 0.289. The van der Waals surface area contributed by atoms with Crippen molar-refractivity contribution in [2.45, 2.75) is 12.6 Å². The molecule has 1 aromatic heterocycles. The van der Waals surface area contributed by atoms with E-state index < -0.39 is 6.04 Å². The standard InChI is InChI=1S/C26H21BrClN3O5/c1-35-16-6-3-13(4-7-16)12-31-24(14-9-18(27)25(33)20(10-14)36-2)21-22(29-30-23(21)26(31)34)17-11-15(28)5-8-19(17)32/h3-11,24,32-33H,12H2,1-2H3,(H,29,30). The highest BCUT2D eigenvalue weighted by molar-refractivity contribution is 9.10. The van der Waals surface area contributed by atoms with Crippen LogP contribution in [0.15, 0.2) is 59.1 Å². The van der Waals surface area contributed by atoms with Gasteiger partial charge < -0.3 is 24.6 Å². The van der Waals surface area contributed by atoms with E-state index in [-0.39, 0.29) is 29.7 Å². The topological polar surface area (TPSA) is 108 Å². The predicted molar refractivity (Wildman–Crippen MR) is 138 cm³/mol. The Labute approximate surface area is 220 Å². The second-order valence-electron chi connectivity index (χ2n) is 8.26. The lowest BCUT2D eigenvalue weighted by molar-refractivity contribution is 0.0730. The van der Waals surface area contributed by atoms with Crippen molar-refractivity contribution >= 4 is 33.4 Å². The first-order valence-electron chi connectivity index (χ1n) is 10.9. The Morgan fingerprint density at radius 1 is 1.08 bits per heavy atom. The third kappa shape index (κ3) is 4.04. The van der Waals surface area contributed by atoms with Crippen molar-refractivity contribution in [2.75, 3.05) is 14.2 Å². The number of aromatic nitrogens is 2. The number of benzene rings is 3. The number of ether oxygens (including phenoxy) is 2. The van der Waals surface area contributed by atoms with E-state index in [0.29, 0.717) is 43.3 Å². The van der Waals surface area contributed by atoms with E-state index >= 15 is 0 Å². The molecular weight excluding hydrogens is 550 g/mol. The van der Waals surface area contributed by atoms with Crippen molar-refractivity contribution in [1.82, 2.24) is 15.1 Å². The molecule has 0 aliphatic carbocycles. The van der Waals surface area contributed by atoms with Crippen LogP contribution in [0.1, 0.15) is 33.2 Å². The van der Waals surface area contributed by atoms with Crippen molar-refractivity contribution in [3.8, 4) is 34.3 Å². The SMILES string of the molecule is COc1ccc(CN2C(=O)c3[nH]nc(-c4cc(Cl)ccc4O)c3C2c2cc(Br)c(O)c(OC)c2)cc1. The summed E-state index contributed by atoms with van der Waals surface area (Å²) in [5, 5.41) is 28.6. The van der Waals surface area contributed by atoms with E-state index in [1.165, 1.54) is 13.2 Å². The van der Waals surface area contributed by atoms with Gasteiger partial charge in [-0.15, -0.1) is 0 Å². The number of amides is 1. The molecule has 1 aliphatic rings. The number of fused-ring (bicyclic) bond motifs is 1. The maximum Gasteiger partial charge on any atom is 0.273 e. The molecule has 3 N–H and O–H groups in total.